The molecule has 1 aliphatic heterocycles. The van der Waals surface area contributed by atoms with Crippen LogP contribution in [0.5, 0.6) is 0 Å². The van der Waals surface area contributed by atoms with Crippen molar-refractivity contribution in [3.63, 3.8) is 0 Å². The number of hydrogen-bond acceptors (Lipinski definition) is 3. The average Bonchev–Trinajstić information content (AvgIpc) is 2.98. The van der Waals surface area contributed by atoms with Crippen LogP contribution in [0.3, 0.4) is 0 Å². The molecule has 0 N–H and O–H groups in total. The maximum absolute atomic E-state index is 13.5. The lowest BCUT2D eigenvalue weighted by Gasteiger charge is -2.22. The zero-order valence-electron chi connectivity index (χ0n) is 16.7. The molecule has 0 spiro atoms. The summed E-state index contributed by atoms with van der Waals surface area (Å²) in [5, 5.41) is 0. The first-order valence-corrected chi connectivity index (χ1v) is 9.53. The number of nitrogens with zero attached hydrogens (tertiary/aromatic N) is 2. The summed E-state index contributed by atoms with van der Waals surface area (Å²) in [5.74, 6) is -0.616. The standard InChI is InChI=1S/C25H22N2O2/c1-17-14-18(2)16-21(15-17)27-24(28)22(19-10-6-4-7-11-19)23(25(27)29)26(3)20-12-8-5-9-13-20/h4-16H,1-3H3. The van der Waals surface area contributed by atoms with Crippen molar-refractivity contribution in [2.75, 3.05) is 16.8 Å². The summed E-state index contributed by atoms with van der Waals surface area (Å²) in [5.41, 5.74) is 4.99. The lowest BCUT2D eigenvalue weighted by molar-refractivity contribution is -0.120. The fourth-order valence-electron chi connectivity index (χ4n) is 3.79. The molecule has 1 aliphatic rings. The number of likely N-dealkylation sites (N-methyl/N-ethyl adjacent to an activating group) is 1. The van der Waals surface area contributed by atoms with Gasteiger partial charge in [0.1, 0.15) is 5.70 Å². The molecule has 4 nitrogen and oxygen atoms in total. The monoisotopic (exact) mass is 382 g/mol. The van der Waals surface area contributed by atoms with Crippen molar-refractivity contribution in [3.05, 3.63) is 101 Å². The Bertz CT molecular complexity index is 1100. The second-order valence-electron chi connectivity index (χ2n) is 7.28. The van der Waals surface area contributed by atoms with Crippen molar-refractivity contribution in [1.29, 1.82) is 0 Å². The van der Waals surface area contributed by atoms with Gasteiger partial charge in [-0.25, -0.2) is 4.90 Å². The quantitative estimate of drug-likeness (QED) is 0.613. The summed E-state index contributed by atoms with van der Waals surface area (Å²) in [6.45, 7) is 3.92. The Morgan fingerprint density at radius 2 is 1.28 bits per heavy atom. The summed E-state index contributed by atoms with van der Waals surface area (Å²) in [4.78, 5) is 30.1. The van der Waals surface area contributed by atoms with Crippen molar-refractivity contribution in [2.24, 2.45) is 0 Å². The van der Waals surface area contributed by atoms with Crippen LogP contribution in [0, 0.1) is 13.8 Å². The topological polar surface area (TPSA) is 40.6 Å². The summed E-state index contributed by atoms with van der Waals surface area (Å²) >= 11 is 0. The number of imide groups is 1. The van der Waals surface area contributed by atoms with E-state index in [9.17, 15) is 9.59 Å². The van der Waals surface area contributed by atoms with Gasteiger partial charge in [0.25, 0.3) is 11.8 Å². The van der Waals surface area contributed by atoms with Gasteiger partial charge in [0.15, 0.2) is 0 Å². The van der Waals surface area contributed by atoms with E-state index in [4.69, 9.17) is 0 Å². The Labute approximate surface area is 170 Å². The zero-order chi connectivity index (χ0) is 20.5. The van der Waals surface area contributed by atoms with Crippen molar-refractivity contribution in [3.8, 4) is 0 Å². The highest BCUT2D eigenvalue weighted by Gasteiger charge is 2.42. The van der Waals surface area contributed by atoms with Gasteiger partial charge in [-0.05, 0) is 54.8 Å². The van der Waals surface area contributed by atoms with Crippen LogP contribution < -0.4 is 9.80 Å². The molecule has 3 aromatic rings. The number of hydrogen-bond donors (Lipinski definition) is 0. The average molecular weight is 382 g/mol. The molecule has 0 fully saturated rings. The van der Waals surface area contributed by atoms with E-state index in [0.29, 0.717) is 17.0 Å². The molecule has 1 heterocycles. The molecule has 4 heteroatoms. The predicted molar refractivity (Wildman–Crippen MR) is 117 cm³/mol. The van der Waals surface area contributed by atoms with Gasteiger partial charge in [-0.3, -0.25) is 9.59 Å². The molecule has 2 amide bonds. The predicted octanol–water partition coefficient (Wildman–Crippen LogP) is 4.72. The van der Waals surface area contributed by atoms with Crippen LogP contribution >= 0.6 is 0 Å². The van der Waals surface area contributed by atoms with Crippen molar-refractivity contribution < 1.29 is 9.59 Å². The number of amides is 2. The molecule has 0 unspecified atom stereocenters. The van der Waals surface area contributed by atoms with Crippen LogP contribution in [0.25, 0.3) is 5.57 Å². The zero-order valence-corrected chi connectivity index (χ0v) is 16.7. The van der Waals surface area contributed by atoms with E-state index in [1.54, 1.807) is 4.90 Å². The maximum atomic E-state index is 13.5. The van der Waals surface area contributed by atoms with Crippen molar-refractivity contribution in [2.45, 2.75) is 13.8 Å². The van der Waals surface area contributed by atoms with E-state index in [2.05, 4.69) is 0 Å². The fourth-order valence-corrected chi connectivity index (χ4v) is 3.79. The van der Waals surface area contributed by atoms with E-state index in [1.165, 1.54) is 4.90 Å². The summed E-state index contributed by atoms with van der Waals surface area (Å²) < 4.78 is 0. The third-order valence-electron chi connectivity index (χ3n) is 5.07. The van der Waals surface area contributed by atoms with E-state index in [-0.39, 0.29) is 11.8 Å². The van der Waals surface area contributed by atoms with Gasteiger partial charge >= 0.3 is 0 Å². The largest absolute Gasteiger partial charge is 0.339 e. The van der Waals surface area contributed by atoms with Crippen molar-refractivity contribution in [1.82, 2.24) is 0 Å². The number of anilines is 2. The molecule has 0 atom stereocenters. The van der Waals surface area contributed by atoms with Crippen LogP contribution in [-0.2, 0) is 9.59 Å². The van der Waals surface area contributed by atoms with E-state index < -0.39 is 0 Å². The lowest BCUT2D eigenvalue weighted by atomic mass is 10.0. The molecule has 0 saturated carbocycles. The van der Waals surface area contributed by atoms with E-state index >= 15 is 0 Å². The van der Waals surface area contributed by atoms with Crippen molar-refractivity contribution >= 4 is 28.8 Å². The molecular formula is C25H22N2O2. The van der Waals surface area contributed by atoms with E-state index in [1.807, 2.05) is 99.8 Å². The lowest BCUT2D eigenvalue weighted by Crippen LogP contribution is -2.34. The Hall–Kier alpha value is -3.66. The number of rotatable bonds is 4. The van der Waals surface area contributed by atoms with Gasteiger partial charge in [0, 0.05) is 12.7 Å². The van der Waals surface area contributed by atoms with Crippen LogP contribution in [0.4, 0.5) is 11.4 Å². The number of para-hydroxylation sites is 1. The Balaban J connectivity index is 1.89. The molecule has 144 valence electrons. The number of benzene rings is 3. The third-order valence-corrected chi connectivity index (χ3v) is 5.07. The smallest absolute Gasteiger partial charge is 0.282 e. The normalized spacial score (nSPS) is 14.0. The molecule has 0 radical (unpaired) electrons. The molecule has 0 bridgehead atoms. The molecule has 3 aromatic carbocycles. The Kier molecular flexibility index (Phi) is 4.77. The minimum atomic E-state index is -0.315. The summed E-state index contributed by atoms with van der Waals surface area (Å²) in [7, 11) is 1.82. The minimum absolute atomic E-state index is 0.302. The van der Waals surface area contributed by atoms with E-state index in [0.717, 1.165) is 22.4 Å². The minimum Gasteiger partial charge on any atom is -0.339 e. The second-order valence-corrected chi connectivity index (χ2v) is 7.28. The van der Waals surface area contributed by atoms with Gasteiger partial charge in [0.05, 0.1) is 11.3 Å². The molecular weight excluding hydrogens is 360 g/mol. The number of carbonyl (C=O) groups excluding carboxylic acids is 2. The van der Waals surface area contributed by atoms with Crippen LogP contribution in [-0.4, -0.2) is 18.9 Å². The molecule has 0 saturated heterocycles. The van der Waals surface area contributed by atoms with Gasteiger partial charge in [-0.1, -0.05) is 54.6 Å². The van der Waals surface area contributed by atoms with Crippen LogP contribution in [0.15, 0.2) is 84.6 Å². The van der Waals surface area contributed by atoms with Gasteiger partial charge in [-0.2, -0.15) is 0 Å². The second kappa shape index (κ2) is 7.40. The molecule has 0 aromatic heterocycles. The molecule has 29 heavy (non-hydrogen) atoms. The summed E-state index contributed by atoms with van der Waals surface area (Å²) in [6.07, 6.45) is 0. The highest BCUT2D eigenvalue weighted by molar-refractivity contribution is 6.46. The van der Waals surface area contributed by atoms with Gasteiger partial charge in [-0.15, -0.1) is 0 Å². The van der Waals surface area contributed by atoms with Gasteiger partial charge in [0.2, 0.25) is 0 Å². The number of aryl methyl sites for hydroxylation is 2. The first-order chi connectivity index (χ1) is 14.0. The maximum Gasteiger partial charge on any atom is 0.282 e. The third kappa shape index (κ3) is 3.34. The summed E-state index contributed by atoms with van der Waals surface area (Å²) in [6, 6.07) is 24.7. The SMILES string of the molecule is Cc1cc(C)cc(N2C(=O)C(c3ccccc3)=C(N(C)c3ccccc3)C2=O)c1. The van der Waals surface area contributed by atoms with Gasteiger partial charge < -0.3 is 4.90 Å². The van der Waals surface area contributed by atoms with Crippen LogP contribution in [0.1, 0.15) is 16.7 Å². The fraction of sp³-hybridized carbons (Fsp3) is 0.120. The first-order valence-electron chi connectivity index (χ1n) is 9.53. The highest BCUT2D eigenvalue weighted by atomic mass is 16.2. The Morgan fingerprint density at radius 1 is 0.724 bits per heavy atom. The highest BCUT2D eigenvalue weighted by Crippen LogP contribution is 2.36. The molecule has 4 rings (SSSR count). The Morgan fingerprint density at radius 3 is 1.86 bits per heavy atom. The van der Waals surface area contributed by atoms with Crippen LogP contribution in [0.2, 0.25) is 0 Å². The molecule has 0 aliphatic carbocycles. The number of carbonyl (C=O) groups is 2. The first kappa shape index (κ1) is 18.7.